The highest BCUT2D eigenvalue weighted by Gasteiger charge is 2.23. The van der Waals surface area contributed by atoms with Gasteiger partial charge in [0.2, 0.25) is 5.91 Å². The van der Waals surface area contributed by atoms with E-state index in [-0.39, 0.29) is 18.8 Å². The van der Waals surface area contributed by atoms with Crippen molar-refractivity contribution in [2.24, 2.45) is 12.8 Å². The summed E-state index contributed by atoms with van der Waals surface area (Å²) in [7, 11) is 1.73. The van der Waals surface area contributed by atoms with Gasteiger partial charge in [0.15, 0.2) is 5.69 Å². The van der Waals surface area contributed by atoms with Crippen LogP contribution in [0.5, 0.6) is 0 Å². The molecular weight excluding hydrogens is 264 g/mol. The molecule has 2 aromatic heterocycles. The molecule has 0 aromatic carbocycles. The van der Waals surface area contributed by atoms with E-state index >= 15 is 0 Å². The van der Waals surface area contributed by atoms with Crippen LogP contribution in [0.15, 0.2) is 12.4 Å². The minimum absolute atomic E-state index is 0.0288. The summed E-state index contributed by atoms with van der Waals surface area (Å²) in [5, 5.41) is 11.6. The minimum Gasteiger partial charge on any atom is -0.461 e. The Morgan fingerprint density at radius 3 is 2.75 bits per heavy atom. The molecule has 0 saturated heterocycles. The first kappa shape index (κ1) is 13.7. The van der Waals surface area contributed by atoms with Crippen molar-refractivity contribution in [2.75, 3.05) is 6.61 Å². The first-order chi connectivity index (χ1) is 9.52. The minimum atomic E-state index is -0.609. The Morgan fingerprint density at radius 1 is 1.45 bits per heavy atom. The van der Waals surface area contributed by atoms with Crippen LogP contribution in [0.1, 0.15) is 17.4 Å². The number of nitrogens with zero attached hydrogens (tertiary/aromatic N) is 5. The fourth-order valence-electron chi connectivity index (χ4n) is 1.74. The molecule has 2 N–H and O–H groups in total. The van der Waals surface area contributed by atoms with Gasteiger partial charge in [-0.05, 0) is 6.92 Å². The second-order valence-corrected chi connectivity index (χ2v) is 4.03. The second kappa shape index (κ2) is 5.51. The molecule has 0 aliphatic carbocycles. The summed E-state index contributed by atoms with van der Waals surface area (Å²) < 4.78 is 7.73. The van der Waals surface area contributed by atoms with Crippen molar-refractivity contribution in [3.05, 3.63) is 18.1 Å². The predicted octanol–water partition coefficient (Wildman–Crippen LogP) is -0.659. The predicted molar refractivity (Wildman–Crippen MR) is 67.4 cm³/mol. The summed E-state index contributed by atoms with van der Waals surface area (Å²) in [5.41, 5.74) is 6.14. The van der Waals surface area contributed by atoms with Gasteiger partial charge in [-0.2, -0.15) is 5.10 Å². The SMILES string of the molecule is CCOC(=O)c1nnn(CC(N)=O)c1-c1cnn(C)c1. The highest BCUT2D eigenvalue weighted by molar-refractivity contribution is 5.94. The Morgan fingerprint density at radius 2 is 2.20 bits per heavy atom. The van der Waals surface area contributed by atoms with E-state index in [2.05, 4.69) is 15.4 Å². The summed E-state index contributed by atoms with van der Waals surface area (Å²) in [6, 6.07) is 0. The van der Waals surface area contributed by atoms with Gasteiger partial charge in [0.1, 0.15) is 12.2 Å². The molecule has 0 atom stereocenters. The molecule has 0 aliphatic heterocycles. The highest BCUT2D eigenvalue weighted by atomic mass is 16.5. The number of hydrogen-bond donors (Lipinski definition) is 1. The largest absolute Gasteiger partial charge is 0.461 e. The van der Waals surface area contributed by atoms with Gasteiger partial charge in [-0.1, -0.05) is 5.21 Å². The van der Waals surface area contributed by atoms with E-state index in [9.17, 15) is 9.59 Å². The lowest BCUT2D eigenvalue weighted by Gasteiger charge is -2.04. The average Bonchev–Trinajstić information content (AvgIpc) is 2.95. The number of esters is 1. The first-order valence-electron chi connectivity index (χ1n) is 5.90. The summed E-state index contributed by atoms with van der Waals surface area (Å²) in [4.78, 5) is 22.9. The van der Waals surface area contributed by atoms with Gasteiger partial charge in [-0.25, -0.2) is 9.48 Å². The normalized spacial score (nSPS) is 10.5. The monoisotopic (exact) mass is 278 g/mol. The molecule has 0 bridgehead atoms. The Labute approximate surface area is 114 Å². The standard InChI is InChI=1S/C11H14N6O3/c1-3-20-11(19)9-10(7-4-13-16(2)5-7)17(15-14-9)6-8(12)18/h4-5H,3,6H2,1-2H3,(H2,12,18). The summed E-state index contributed by atoms with van der Waals surface area (Å²) in [6.45, 7) is 1.72. The third-order valence-corrected chi connectivity index (χ3v) is 2.49. The van der Waals surface area contributed by atoms with Gasteiger partial charge in [-0.3, -0.25) is 9.48 Å². The van der Waals surface area contributed by atoms with E-state index in [1.54, 1.807) is 31.0 Å². The zero-order valence-corrected chi connectivity index (χ0v) is 11.1. The summed E-state index contributed by atoms with van der Waals surface area (Å²) in [5.74, 6) is -1.20. The zero-order chi connectivity index (χ0) is 14.7. The van der Waals surface area contributed by atoms with Crippen molar-refractivity contribution in [2.45, 2.75) is 13.5 Å². The maximum atomic E-state index is 11.9. The number of amides is 1. The van der Waals surface area contributed by atoms with Crippen LogP contribution in [0.25, 0.3) is 11.3 Å². The molecule has 0 aliphatic rings. The number of nitrogens with two attached hydrogens (primary N) is 1. The van der Waals surface area contributed by atoms with Gasteiger partial charge >= 0.3 is 5.97 Å². The number of hydrogen-bond acceptors (Lipinski definition) is 6. The number of primary amides is 1. The molecule has 20 heavy (non-hydrogen) atoms. The molecule has 106 valence electrons. The van der Waals surface area contributed by atoms with Crippen LogP contribution in [-0.2, 0) is 23.1 Å². The number of aryl methyl sites for hydroxylation is 1. The Kier molecular flexibility index (Phi) is 3.78. The third kappa shape index (κ3) is 2.66. The lowest BCUT2D eigenvalue weighted by molar-refractivity contribution is -0.118. The lowest BCUT2D eigenvalue weighted by atomic mass is 10.2. The number of aromatic nitrogens is 5. The van der Waals surface area contributed by atoms with Crippen molar-refractivity contribution in [1.29, 1.82) is 0 Å². The molecule has 2 heterocycles. The maximum Gasteiger partial charge on any atom is 0.361 e. The quantitative estimate of drug-likeness (QED) is 0.725. The lowest BCUT2D eigenvalue weighted by Crippen LogP contribution is -2.20. The van der Waals surface area contributed by atoms with Crippen LogP contribution in [-0.4, -0.2) is 43.3 Å². The number of rotatable bonds is 5. The smallest absolute Gasteiger partial charge is 0.361 e. The summed E-state index contributed by atoms with van der Waals surface area (Å²) in [6.07, 6.45) is 3.22. The van der Waals surface area contributed by atoms with Crippen LogP contribution in [0.4, 0.5) is 0 Å². The molecule has 1 amide bonds. The zero-order valence-electron chi connectivity index (χ0n) is 11.1. The van der Waals surface area contributed by atoms with Crippen molar-refractivity contribution >= 4 is 11.9 Å². The molecule has 0 radical (unpaired) electrons. The first-order valence-corrected chi connectivity index (χ1v) is 5.90. The van der Waals surface area contributed by atoms with Gasteiger partial charge in [-0.15, -0.1) is 5.10 Å². The van der Waals surface area contributed by atoms with Crippen LogP contribution in [0.2, 0.25) is 0 Å². The molecule has 9 heteroatoms. The molecule has 0 fully saturated rings. The molecular formula is C11H14N6O3. The molecule has 0 unspecified atom stereocenters. The average molecular weight is 278 g/mol. The van der Waals surface area contributed by atoms with Crippen molar-refractivity contribution in [3.8, 4) is 11.3 Å². The molecule has 9 nitrogen and oxygen atoms in total. The van der Waals surface area contributed by atoms with Crippen LogP contribution in [0, 0.1) is 0 Å². The van der Waals surface area contributed by atoms with E-state index in [1.165, 1.54) is 4.68 Å². The van der Waals surface area contributed by atoms with E-state index in [1.807, 2.05) is 0 Å². The maximum absolute atomic E-state index is 11.9. The number of ether oxygens (including phenoxy) is 1. The number of carbonyl (C=O) groups excluding carboxylic acids is 2. The molecule has 2 rings (SSSR count). The third-order valence-electron chi connectivity index (χ3n) is 2.49. The van der Waals surface area contributed by atoms with Crippen molar-refractivity contribution in [3.63, 3.8) is 0 Å². The Balaban J connectivity index is 2.50. The fourth-order valence-corrected chi connectivity index (χ4v) is 1.74. The van der Waals surface area contributed by atoms with Crippen LogP contribution < -0.4 is 5.73 Å². The second-order valence-electron chi connectivity index (χ2n) is 4.03. The van der Waals surface area contributed by atoms with Crippen LogP contribution in [0.3, 0.4) is 0 Å². The van der Waals surface area contributed by atoms with Gasteiger partial charge in [0.25, 0.3) is 0 Å². The molecule has 0 saturated carbocycles. The van der Waals surface area contributed by atoms with E-state index in [0.29, 0.717) is 11.3 Å². The van der Waals surface area contributed by atoms with Crippen molar-refractivity contribution in [1.82, 2.24) is 24.8 Å². The van der Waals surface area contributed by atoms with E-state index < -0.39 is 11.9 Å². The number of carbonyl (C=O) groups is 2. The topological polar surface area (TPSA) is 118 Å². The van der Waals surface area contributed by atoms with Crippen LogP contribution >= 0.6 is 0 Å². The van der Waals surface area contributed by atoms with E-state index in [4.69, 9.17) is 10.5 Å². The van der Waals surface area contributed by atoms with Gasteiger partial charge in [0, 0.05) is 18.8 Å². The Bertz CT molecular complexity index is 644. The van der Waals surface area contributed by atoms with E-state index in [0.717, 1.165) is 0 Å². The van der Waals surface area contributed by atoms with Crippen molar-refractivity contribution < 1.29 is 14.3 Å². The van der Waals surface area contributed by atoms with Gasteiger partial charge in [0.05, 0.1) is 12.8 Å². The highest BCUT2D eigenvalue weighted by Crippen LogP contribution is 2.22. The molecule has 0 spiro atoms. The summed E-state index contributed by atoms with van der Waals surface area (Å²) >= 11 is 0. The van der Waals surface area contributed by atoms with Gasteiger partial charge < -0.3 is 10.5 Å². The molecule has 2 aromatic rings. The Hall–Kier alpha value is -2.71. The fraction of sp³-hybridized carbons (Fsp3) is 0.364.